The van der Waals surface area contributed by atoms with Crippen molar-refractivity contribution in [2.45, 2.75) is 50.6 Å². The molecule has 2 unspecified atom stereocenters. The fraction of sp³-hybridized carbons (Fsp3) is 0.667. The van der Waals surface area contributed by atoms with E-state index in [4.69, 9.17) is 4.42 Å². The predicted molar refractivity (Wildman–Crippen MR) is 69.0 cm³/mol. The third kappa shape index (κ3) is 2.93. The van der Waals surface area contributed by atoms with Gasteiger partial charge in [0.25, 0.3) is 0 Å². The minimum Gasteiger partial charge on any atom is -0.465 e. The van der Waals surface area contributed by atoms with E-state index < -0.39 is 10.0 Å². The molecule has 2 atom stereocenters. The minimum atomic E-state index is -3.46. The average molecular weight is 272 g/mol. The Labute approximate surface area is 108 Å². The molecule has 2 N–H and O–H groups in total. The van der Waals surface area contributed by atoms with Crippen LogP contribution in [0.1, 0.15) is 31.3 Å². The second-order valence-corrected chi connectivity index (χ2v) is 6.66. The van der Waals surface area contributed by atoms with Gasteiger partial charge in [0.15, 0.2) is 0 Å². The topological polar surface area (TPSA) is 71.3 Å². The number of hydrogen-bond donors (Lipinski definition) is 2. The summed E-state index contributed by atoms with van der Waals surface area (Å²) >= 11 is 0. The van der Waals surface area contributed by atoms with Gasteiger partial charge in [0.05, 0.1) is 0 Å². The summed E-state index contributed by atoms with van der Waals surface area (Å²) < 4.78 is 32.5. The summed E-state index contributed by atoms with van der Waals surface area (Å²) in [5.74, 6) is 1.06. The SMILES string of the molecule is Cc1cc(S(=O)(=O)NC2CCNC(C)C2)c(C)o1. The molecule has 0 spiro atoms. The molecule has 0 bridgehead atoms. The zero-order valence-corrected chi connectivity index (χ0v) is 11.8. The van der Waals surface area contributed by atoms with Crippen LogP contribution in [0.4, 0.5) is 0 Å². The van der Waals surface area contributed by atoms with E-state index in [-0.39, 0.29) is 10.9 Å². The lowest BCUT2D eigenvalue weighted by molar-refractivity contribution is 0.361. The van der Waals surface area contributed by atoms with Gasteiger partial charge in [0.2, 0.25) is 10.0 Å². The molecule has 0 aliphatic carbocycles. The maximum atomic E-state index is 12.2. The van der Waals surface area contributed by atoms with E-state index in [1.807, 2.05) is 0 Å². The van der Waals surface area contributed by atoms with Crippen LogP contribution in [0.2, 0.25) is 0 Å². The number of furan rings is 1. The molecule has 6 heteroatoms. The molecular formula is C12H20N2O3S. The smallest absolute Gasteiger partial charge is 0.244 e. The number of sulfonamides is 1. The third-order valence-electron chi connectivity index (χ3n) is 3.23. The van der Waals surface area contributed by atoms with Crippen molar-refractivity contribution in [3.63, 3.8) is 0 Å². The molecule has 0 radical (unpaired) electrons. The number of aryl methyl sites for hydroxylation is 2. The molecular weight excluding hydrogens is 252 g/mol. The van der Waals surface area contributed by atoms with Crippen LogP contribution in [0.15, 0.2) is 15.4 Å². The quantitative estimate of drug-likeness (QED) is 0.870. The summed E-state index contributed by atoms with van der Waals surface area (Å²) in [6, 6.07) is 1.92. The van der Waals surface area contributed by atoms with Gasteiger partial charge in [0.1, 0.15) is 16.4 Å². The van der Waals surface area contributed by atoms with Gasteiger partial charge in [-0.3, -0.25) is 0 Å². The monoisotopic (exact) mass is 272 g/mol. The van der Waals surface area contributed by atoms with E-state index in [2.05, 4.69) is 17.0 Å². The van der Waals surface area contributed by atoms with Crippen molar-refractivity contribution in [1.82, 2.24) is 10.0 Å². The highest BCUT2D eigenvalue weighted by atomic mass is 32.2. The number of nitrogens with one attached hydrogen (secondary N) is 2. The zero-order valence-electron chi connectivity index (χ0n) is 11.0. The van der Waals surface area contributed by atoms with Gasteiger partial charge >= 0.3 is 0 Å². The van der Waals surface area contributed by atoms with Crippen molar-refractivity contribution < 1.29 is 12.8 Å². The number of hydrogen-bond acceptors (Lipinski definition) is 4. The highest BCUT2D eigenvalue weighted by Gasteiger charge is 2.26. The summed E-state index contributed by atoms with van der Waals surface area (Å²) in [4.78, 5) is 0.256. The van der Waals surface area contributed by atoms with E-state index in [1.165, 1.54) is 0 Å². The average Bonchev–Trinajstić information content (AvgIpc) is 2.58. The first-order chi connectivity index (χ1) is 8.38. The molecule has 2 rings (SSSR count). The Bertz CT molecular complexity index is 521. The third-order valence-corrected chi connectivity index (χ3v) is 4.86. The summed E-state index contributed by atoms with van der Waals surface area (Å²) in [6.07, 6.45) is 1.63. The maximum absolute atomic E-state index is 12.2. The van der Waals surface area contributed by atoms with E-state index in [1.54, 1.807) is 19.9 Å². The van der Waals surface area contributed by atoms with Gasteiger partial charge in [-0.1, -0.05) is 0 Å². The van der Waals surface area contributed by atoms with Gasteiger partial charge in [-0.2, -0.15) is 0 Å². The van der Waals surface area contributed by atoms with Crippen LogP contribution in [0.5, 0.6) is 0 Å². The van der Waals surface area contributed by atoms with Gasteiger partial charge in [-0.25, -0.2) is 13.1 Å². The second-order valence-electron chi connectivity index (χ2n) is 4.98. The number of piperidine rings is 1. The molecule has 2 heterocycles. The highest BCUT2D eigenvalue weighted by molar-refractivity contribution is 7.89. The van der Waals surface area contributed by atoms with Crippen LogP contribution in [0.25, 0.3) is 0 Å². The molecule has 0 saturated carbocycles. The normalized spacial score (nSPS) is 25.3. The summed E-state index contributed by atoms with van der Waals surface area (Å²) in [6.45, 7) is 6.33. The predicted octanol–water partition coefficient (Wildman–Crippen LogP) is 1.32. The Kier molecular flexibility index (Phi) is 3.79. The summed E-state index contributed by atoms with van der Waals surface area (Å²) in [5, 5.41) is 3.30. The van der Waals surface area contributed by atoms with E-state index in [0.29, 0.717) is 17.6 Å². The number of rotatable bonds is 3. The molecule has 5 nitrogen and oxygen atoms in total. The first kappa shape index (κ1) is 13.6. The summed E-state index contributed by atoms with van der Waals surface area (Å²) in [7, 11) is -3.46. The van der Waals surface area contributed by atoms with Crippen LogP contribution in [0.3, 0.4) is 0 Å². The van der Waals surface area contributed by atoms with Crippen molar-refractivity contribution in [1.29, 1.82) is 0 Å². The Balaban J connectivity index is 2.14. The van der Waals surface area contributed by atoms with Gasteiger partial charge in [-0.15, -0.1) is 0 Å². The maximum Gasteiger partial charge on any atom is 0.244 e. The molecule has 1 aromatic rings. The second kappa shape index (κ2) is 5.03. The standard InChI is InChI=1S/C12H20N2O3S/c1-8-6-11(4-5-13-8)14-18(15,16)12-7-9(2)17-10(12)3/h7-8,11,13-14H,4-6H2,1-3H3. The lowest BCUT2D eigenvalue weighted by Crippen LogP contribution is -2.46. The molecule has 1 aliphatic rings. The van der Waals surface area contributed by atoms with Crippen molar-refractivity contribution in [3.8, 4) is 0 Å². The molecule has 0 aromatic carbocycles. The Morgan fingerprint density at radius 2 is 2.17 bits per heavy atom. The van der Waals surface area contributed by atoms with Crippen LogP contribution >= 0.6 is 0 Å². The molecule has 18 heavy (non-hydrogen) atoms. The van der Waals surface area contributed by atoms with Gasteiger partial charge in [-0.05, 0) is 46.2 Å². The minimum absolute atomic E-state index is 0.000793. The largest absolute Gasteiger partial charge is 0.465 e. The molecule has 0 amide bonds. The van der Waals surface area contributed by atoms with Crippen molar-refractivity contribution in [2.24, 2.45) is 0 Å². The van der Waals surface area contributed by atoms with Crippen LogP contribution in [-0.4, -0.2) is 27.0 Å². The molecule has 1 saturated heterocycles. The molecule has 1 aromatic heterocycles. The Hall–Kier alpha value is -0.850. The van der Waals surface area contributed by atoms with Crippen LogP contribution in [0, 0.1) is 13.8 Å². The first-order valence-corrected chi connectivity index (χ1v) is 7.69. The van der Waals surface area contributed by atoms with Crippen LogP contribution < -0.4 is 10.0 Å². The lowest BCUT2D eigenvalue weighted by atomic mass is 10.0. The highest BCUT2D eigenvalue weighted by Crippen LogP contribution is 2.20. The Morgan fingerprint density at radius 1 is 1.44 bits per heavy atom. The van der Waals surface area contributed by atoms with Gasteiger partial charge < -0.3 is 9.73 Å². The van der Waals surface area contributed by atoms with Crippen molar-refractivity contribution in [2.75, 3.05) is 6.54 Å². The molecule has 1 fully saturated rings. The first-order valence-electron chi connectivity index (χ1n) is 6.21. The summed E-state index contributed by atoms with van der Waals surface area (Å²) in [5.41, 5.74) is 0. The Morgan fingerprint density at radius 3 is 2.72 bits per heavy atom. The van der Waals surface area contributed by atoms with Crippen molar-refractivity contribution >= 4 is 10.0 Å². The zero-order chi connectivity index (χ0) is 13.3. The molecule has 102 valence electrons. The lowest BCUT2D eigenvalue weighted by Gasteiger charge is -2.28. The van der Waals surface area contributed by atoms with Crippen molar-refractivity contribution in [3.05, 3.63) is 17.6 Å². The molecule has 1 aliphatic heterocycles. The van der Waals surface area contributed by atoms with Crippen LogP contribution in [-0.2, 0) is 10.0 Å². The van der Waals surface area contributed by atoms with E-state index in [9.17, 15) is 8.42 Å². The van der Waals surface area contributed by atoms with E-state index >= 15 is 0 Å². The fourth-order valence-electron chi connectivity index (χ4n) is 2.40. The van der Waals surface area contributed by atoms with Gasteiger partial charge in [0, 0.05) is 12.1 Å². The van der Waals surface area contributed by atoms with E-state index in [0.717, 1.165) is 19.4 Å². The fourth-order valence-corrected chi connectivity index (χ4v) is 3.92.